The summed E-state index contributed by atoms with van der Waals surface area (Å²) in [6.45, 7) is 18.0. The first-order valence-corrected chi connectivity index (χ1v) is 14.9. The van der Waals surface area contributed by atoms with E-state index in [2.05, 4.69) is 83.4 Å². The van der Waals surface area contributed by atoms with Crippen LogP contribution in [0, 0.1) is 0 Å². The molecule has 0 aromatic heterocycles. The van der Waals surface area contributed by atoms with Gasteiger partial charge in [-0.15, -0.1) is 0 Å². The fourth-order valence-electron chi connectivity index (χ4n) is 3.47. The van der Waals surface area contributed by atoms with Crippen LogP contribution in [-0.4, -0.2) is 27.1 Å². The minimum absolute atomic E-state index is 0.171. The molecule has 0 fully saturated rings. The zero-order valence-corrected chi connectivity index (χ0v) is 18.6. The Morgan fingerprint density at radius 2 is 1.62 bits per heavy atom. The van der Waals surface area contributed by atoms with Crippen LogP contribution in [0.3, 0.4) is 0 Å². The van der Waals surface area contributed by atoms with Crippen molar-refractivity contribution in [1.29, 1.82) is 0 Å². The maximum Gasteiger partial charge on any atom is 0.250 e. The first-order chi connectivity index (χ1) is 10.8. The molecule has 2 rings (SSSR count). The van der Waals surface area contributed by atoms with Gasteiger partial charge in [0.15, 0.2) is 0 Å². The average molecular weight is 363 g/mol. The summed E-state index contributed by atoms with van der Waals surface area (Å²) in [6.07, 6.45) is 2.88. The Morgan fingerprint density at radius 1 is 1.08 bits per heavy atom. The Labute approximate surface area is 150 Å². The van der Waals surface area contributed by atoms with E-state index in [1.54, 1.807) is 0 Å². The molecule has 24 heavy (non-hydrogen) atoms. The third kappa shape index (κ3) is 3.71. The SMILES string of the molecule is CC(C)(C)[Si](C)(C)OC1=C[C@H]([Si](C)(C)c2ccccc2)[C@](C)(O)C1. The molecule has 0 amide bonds. The first-order valence-electron chi connectivity index (χ1n) is 8.95. The topological polar surface area (TPSA) is 29.5 Å². The third-order valence-corrected chi connectivity index (χ3v) is 14.6. The molecular weight excluding hydrogens is 328 g/mol. The summed E-state index contributed by atoms with van der Waals surface area (Å²) in [4.78, 5) is 0. The van der Waals surface area contributed by atoms with Crippen molar-refractivity contribution in [2.24, 2.45) is 0 Å². The minimum atomic E-state index is -1.86. The van der Waals surface area contributed by atoms with Crippen LogP contribution in [0.15, 0.2) is 42.2 Å². The van der Waals surface area contributed by atoms with Crippen molar-refractivity contribution < 1.29 is 9.53 Å². The van der Waals surface area contributed by atoms with E-state index in [4.69, 9.17) is 4.43 Å². The average Bonchev–Trinajstić information content (AvgIpc) is 2.73. The van der Waals surface area contributed by atoms with E-state index in [1.165, 1.54) is 5.19 Å². The summed E-state index contributed by atoms with van der Waals surface area (Å²) < 4.78 is 6.52. The quantitative estimate of drug-likeness (QED) is 0.761. The second-order valence-corrected chi connectivity index (χ2v) is 19.0. The molecule has 4 heteroatoms. The third-order valence-electron chi connectivity index (χ3n) is 6.04. The second kappa shape index (κ2) is 6.15. The van der Waals surface area contributed by atoms with Crippen molar-refractivity contribution in [3.63, 3.8) is 0 Å². The standard InChI is InChI=1S/C20H34O2Si2/c1-19(2,3)24(7,8)22-16-14-18(20(4,21)15-16)23(5,6)17-12-10-9-11-13-17/h9-14,18,21H,15H2,1-8H3/t18-,20+/m0/s1. The van der Waals surface area contributed by atoms with E-state index >= 15 is 0 Å². The monoisotopic (exact) mass is 362 g/mol. The Kier molecular flexibility index (Phi) is 4.99. The smallest absolute Gasteiger partial charge is 0.250 e. The summed E-state index contributed by atoms with van der Waals surface area (Å²) in [5.41, 5.74) is -0.546. The van der Waals surface area contributed by atoms with Gasteiger partial charge in [-0.2, -0.15) is 0 Å². The predicted octanol–water partition coefficient (Wildman–Crippen LogP) is 5.03. The van der Waals surface area contributed by atoms with E-state index < -0.39 is 22.0 Å². The zero-order chi connectivity index (χ0) is 18.4. The van der Waals surface area contributed by atoms with Gasteiger partial charge < -0.3 is 9.53 Å². The molecule has 1 aromatic rings. The molecule has 1 N–H and O–H groups in total. The molecule has 0 bridgehead atoms. The van der Waals surface area contributed by atoms with Crippen LogP contribution in [0.5, 0.6) is 0 Å². The van der Waals surface area contributed by atoms with Gasteiger partial charge in [0.1, 0.15) is 0 Å². The number of benzene rings is 1. The van der Waals surface area contributed by atoms with Crippen LogP contribution in [-0.2, 0) is 4.43 Å². The molecule has 0 aliphatic heterocycles. The van der Waals surface area contributed by atoms with Gasteiger partial charge >= 0.3 is 0 Å². The zero-order valence-electron chi connectivity index (χ0n) is 16.6. The molecule has 1 aliphatic rings. The number of aliphatic hydroxyl groups is 1. The highest BCUT2D eigenvalue weighted by Gasteiger charge is 2.49. The maximum absolute atomic E-state index is 11.1. The predicted molar refractivity (Wildman–Crippen MR) is 109 cm³/mol. The van der Waals surface area contributed by atoms with Crippen LogP contribution in [0.2, 0.25) is 36.8 Å². The molecule has 1 aliphatic carbocycles. The number of rotatable bonds is 4. The normalized spacial score (nSPS) is 25.5. The summed E-state index contributed by atoms with van der Waals surface area (Å²) in [7, 11) is -3.70. The van der Waals surface area contributed by atoms with Crippen molar-refractivity contribution in [3.8, 4) is 0 Å². The fraction of sp³-hybridized carbons (Fsp3) is 0.600. The lowest BCUT2D eigenvalue weighted by molar-refractivity contribution is 0.0650. The van der Waals surface area contributed by atoms with Crippen molar-refractivity contribution in [2.75, 3.05) is 0 Å². The molecule has 0 saturated heterocycles. The largest absolute Gasteiger partial charge is 0.547 e. The van der Waals surface area contributed by atoms with Gasteiger partial charge in [-0.3, -0.25) is 0 Å². The second-order valence-electron chi connectivity index (χ2n) is 9.59. The Morgan fingerprint density at radius 3 is 2.12 bits per heavy atom. The Bertz CT molecular complexity index is 610. The van der Waals surface area contributed by atoms with Crippen LogP contribution in [0.25, 0.3) is 0 Å². The van der Waals surface area contributed by atoms with E-state index in [1.807, 2.05) is 6.92 Å². The van der Waals surface area contributed by atoms with E-state index in [0.29, 0.717) is 6.42 Å². The van der Waals surface area contributed by atoms with Gasteiger partial charge in [-0.05, 0) is 31.1 Å². The Hall–Kier alpha value is -0.846. The van der Waals surface area contributed by atoms with Gasteiger partial charge in [0, 0.05) is 12.0 Å². The first kappa shape index (κ1) is 19.5. The van der Waals surface area contributed by atoms with Gasteiger partial charge in [-0.25, -0.2) is 0 Å². The van der Waals surface area contributed by atoms with Crippen LogP contribution in [0.4, 0.5) is 0 Å². The van der Waals surface area contributed by atoms with Crippen molar-refractivity contribution >= 4 is 21.6 Å². The highest BCUT2D eigenvalue weighted by atomic mass is 28.4. The minimum Gasteiger partial charge on any atom is -0.547 e. The van der Waals surface area contributed by atoms with Crippen LogP contribution >= 0.6 is 0 Å². The maximum atomic E-state index is 11.1. The van der Waals surface area contributed by atoms with Gasteiger partial charge in [0.2, 0.25) is 8.32 Å². The summed E-state index contributed by atoms with van der Waals surface area (Å²) in [5, 5.41) is 12.7. The lowest BCUT2D eigenvalue weighted by Gasteiger charge is -2.38. The highest BCUT2D eigenvalue weighted by Crippen LogP contribution is 2.47. The molecule has 134 valence electrons. The van der Waals surface area contributed by atoms with E-state index in [0.717, 1.165) is 5.76 Å². The molecule has 1 aromatic carbocycles. The number of hydrogen-bond acceptors (Lipinski definition) is 2. The van der Waals surface area contributed by atoms with Crippen molar-refractivity contribution in [1.82, 2.24) is 0 Å². The van der Waals surface area contributed by atoms with E-state index in [-0.39, 0.29) is 10.6 Å². The fourth-order valence-corrected chi connectivity index (χ4v) is 8.24. The molecule has 0 heterocycles. The molecule has 0 spiro atoms. The molecule has 2 nitrogen and oxygen atoms in total. The molecule has 0 radical (unpaired) electrons. The Balaban J connectivity index is 2.32. The molecule has 0 saturated carbocycles. The van der Waals surface area contributed by atoms with E-state index in [9.17, 15) is 5.11 Å². The van der Waals surface area contributed by atoms with Crippen LogP contribution < -0.4 is 5.19 Å². The molecule has 0 unspecified atom stereocenters. The van der Waals surface area contributed by atoms with Crippen molar-refractivity contribution in [3.05, 3.63) is 42.2 Å². The van der Waals surface area contributed by atoms with Gasteiger partial charge in [-0.1, -0.05) is 69.4 Å². The highest BCUT2D eigenvalue weighted by molar-refractivity contribution is 6.91. The van der Waals surface area contributed by atoms with Crippen LogP contribution in [0.1, 0.15) is 34.1 Å². The van der Waals surface area contributed by atoms with Gasteiger partial charge in [0.05, 0.1) is 19.4 Å². The summed E-state index contributed by atoms with van der Waals surface area (Å²) >= 11 is 0. The number of hydrogen-bond donors (Lipinski definition) is 1. The lowest BCUT2D eigenvalue weighted by atomic mass is 10.0. The molecular formula is C20H34O2Si2. The summed E-state index contributed by atoms with van der Waals surface area (Å²) in [6, 6.07) is 10.7. The summed E-state index contributed by atoms with van der Waals surface area (Å²) in [5.74, 6) is 1.01. The van der Waals surface area contributed by atoms with Gasteiger partial charge in [0.25, 0.3) is 0 Å². The molecule has 2 atom stereocenters. The van der Waals surface area contributed by atoms with Crippen molar-refractivity contribution in [2.45, 2.75) is 76.5 Å². The lowest BCUT2D eigenvalue weighted by Crippen LogP contribution is -2.51.